The molecule has 0 bridgehead atoms. The summed E-state index contributed by atoms with van der Waals surface area (Å²) in [4.78, 5) is 14.2. The maximum Gasteiger partial charge on any atom is 0.417 e. The maximum absolute atomic E-state index is 12.3. The fourth-order valence-electron chi connectivity index (χ4n) is 1.08. The Kier molecular flexibility index (Phi) is 3.58. The van der Waals surface area contributed by atoms with Gasteiger partial charge in [-0.05, 0) is 6.07 Å². The van der Waals surface area contributed by atoms with Crippen molar-refractivity contribution >= 4 is 17.5 Å². The van der Waals surface area contributed by atoms with Crippen molar-refractivity contribution < 1.29 is 18.0 Å². The molecule has 0 aliphatic heterocycles. The van der Waals surface area contributed by atoms with Gasteiger partial charge in [-0.3, -0.25) is 9.78 Å². The van der Waals surface area contributed by atoms with Gasteiger partial charge in [-0.1, -0.05) is 11.6 Å². The summed E-state index contributed by atoms with van der Waals surface area (Å²) in [5.74, 6) is -2.49. The second kappa shape index (κ2) is 4.59. The number of amides is 1. The molecule has 0 aliphatic carbocycles. The standard InChI is InChI=1S/C9H5ClF3N3O/c10-6-1-4(9(11,12)13)3-16-7(6)5(2-14)8(15)17/h1,3,5H,(H2,15,17)/t5-/m0/s1. The molecule has 0 spiro atoms. The van der Waals surface area contributed by atoms with E-state index in [0.717, 1.165) is 0 Å². The predicted octanol–water partition coefficient (Wildman–Crippen LogP) is 1.85. The van der Waals surface area contributed by atoms with E-state index in [4.69, 9.17) is 22.6 Å². The van der Waals surface area contributed by atoms with Crippen LogP contribution in [0, 0.1) is 11.3 Å². The maximum atomic E-state index is 12.3. The molecule has 1 atom stereocenters. The third-order valence-corrected chi connectivity index (χ3v) is 2.19. The Morgan fingerprint density at radius 3 is 2.53 bits per heavy atom. The number of aromatic nitrogens is 1. The summed E-state index contributed by atoms with van der Waals surface area (Å²) < 4.78 is 36.9. The number of alkyl halides is 3. The van der Waals surface area contributed by atoms with Crippen molar-refractivity contribution in [3.8, 4) is 6.07 Å². The lowest BCUT2D eigenvalue weighted by atomic mass is 10.1. The van der Waals surface area contributed by atoms with Crippen LogP contribution < -0.4 is 5.73 Å². The number of carbonyl (C=O) groups is 1. The van der Waals surface area contributed by atoms with Crippen LogP contribution in [0.2, 0.25) is 5.02 Å². The van der Waals surface area contributed by atoms with Gasteiger partial charge >= 0.3 is 6.18 Å². The molecule has 1 heterocycles. The minimum Gasteiger partial charge on any atom is -0.368 e. The van der Waals surface area contributed by atoms with E-state index in [0.29, 0.717) is 12.3 Å². The first-order valence-corrected chi connectivity index (χ1v) is 4.56. The van der Waals surface area contributed by atoms with Crippen molar-refractivity contribution in [3.63, 3.8) is 0 Å². The molecule has 0 fully saturated rings. The Hall–Kier alpha value is -1.81. The highest BCUT2D eigenvalue weighted by Crippen LogP contribution is 2.32. The lowest BCUT2D eigenvalue weighted by Crippen LogP contribution is -2.21. The Labute approximate surface area is 98.8 Å². The van der Waals surface area contributed by atoms with E-state index in [9.17, 15) is 18.0 Å². The van der Waals surface area contributed by atoms with Gasteiger partial charge in [0.15, 0.2) is 5.92 Å². The number of nitrogens with two attached hydrogens (primary N) is 1. The minimum atomic E-state index is -4.59. The van der Waals surface area contributed by atoms with Gasteiger partial charge in [-0.25, -0.2) is 0 Å². The summed E-state index contributed by atoms with van der Waals surface area (Å²) in [5, 5.41) is 8.21. The highest BCUT2D eigenvalue weighted by atomic mass is 35.5. The summed E-state index contributed by atoms with van der Waals surface area (Å²) in [6.45, 7) is 0. The Morgan fingerprint density at radius 2 is 2.18 bits per heavy atom. The number of pyridine rings is 1. The van der Waals surface area contributed by atoms with Gasteiger partial charge in [-0.15, -0.1) is 0 Å². The number of nitriles is 1. The zero-order valence-corrected chi connectivity index (χ0v) is 8.88. The molecule has 0 unspecified atom stereocenters. The molecule has 1 aromatic rings. The van der Waals surface area contributed by atoms with E-state index in [-0.39, 0.29) is 5.69 Å². The zero-order chi connectivity index (χ0) is 13.2. The molecule has 2 N–H and O–H groups in total. The average molecular weight is 264 g/mol. The number of carbonyl (C=O) groups excluding carboxylic acids is 1. The molecule has 90 valence electrons. The molecule has 1 aromatic heterocycles. The molecule has 4 nitrogen and oxygen atoms in total. The number of hydrogen-bond donors (Lipinski definition) is 1. The van der Waals surface area contributed by atoms with Crippen molar-refractivity contribution in [3.05, 3.63) is 28.5 Å². The molecular formula is C9H5ClF3N3O. The van der Waals surface area contributed by atoms with Gasteiger partial charge in [0, 0.05) is 6.20 Å². The average Bonchev–Trinajstić information content (AvgIpc) is 2.19. The van der Waals surface area contributed by atoms with E-state index in [2.05, 4.69) is 4.98 Å². The number of nitrogens with zero attached hydrogens (tertiary/aromatic N) is 2. The van der Waals surface area contributed by atoms with Crippen LogP contribution >= 0.6 is 11.6 Å². The molecule has 0 aromatic carbocycles. The molecule has 0 saturated carbocycles. The van der Waals surface area contributed by atoms with E-state index in [1.165, 1.54) is 6.07 Å². The fourth-order valence-corrected chi connectivity index (χ4v) is 1.35. The predicted molar refractivity (Wildman–Crippen MR) is 51.8 cm³/mol. The Morgan fingerprint density at radius 1 is 1.59 bits per heavy atom. The smallest absolute Gasteiger partial charge is 0.368 e. The first-order chi connectivity index (χ1) is 7.77. The molecule has 1 rings (SSSR count). The molecule has 1 amide bonds. The van der Waals surface area contributed by atoms with E-state index >= 15 is 0 Å². The number of rotatable bonds is 2. The molecule has 0 saturated heterocycles. The van der Waals surface area contributed by atoms with Gasteiger partial charge in [0.05, 0.1) is 22.3 Å². The van der Waals surface area contributed by atoms with Gasteiger partial charge in [0.1, 0.15) is 0 Å². The number of halogens is 4. The van der Waals surface area contributed by atoms with Gasteiger partial charge in [-0.2, -0.15) is 18.4 Å². The first kappa shape index (κ1) is 13.3. The highest BCUT2D eigenvalue weighted by Gasteiger charge is 2.32. The van der Waals surface area contributed by atoms with Crippen molar-refractivity contribution in [1.82, 2.24) is 4.98 Å². The molecule has 8 heteroatoms. The van der Waals surface area contributed by atoms with Crippen LogP contribution in [0.5, 0.6) is 0 Å². The second-order valence-corrected chi connectivity index (χ2v) is 3.46. The molecule has 17 heavy (non-hydrogen) atoms. The second-order valence-electron chi connectivity index (χ2n) is 3.05. The summed E-state index contributed by atoms with van der Waals surface area (Å²) in [6, 6.07) is 2.11. The Balaban J connectivity index is 3.24. The lowest BCUT2D eigenvalue weighted by molar-refractivity contribution is -0.137. The van der Waals surface area contributed by atoms with Gasteiger partial charge in [0.2, 0.25) is 5.91 Å². The van der Waals surface area contributed by atoms with Crippen molar-refractivity contribution in [1.29, 1.82) is 5.26 Å². The quantitative estimate of drug-likeness (QED) is 0.884. The first-order valence-electron chi connectivity index (χ1n) is 4.19. The third-order valence-electron chi connectivity index (χ3n) is 1.88. The highest BCUT2D eigenvalue weighted by molar-refractivity contribution is 6.31. The number of primary amides is 1. The van der Waals surface area contributed by atoms with Gasteiger partial charge < -0.3 is 5.73 Å². The van der Waals surface area contributed by atoms with Crippen LogP contribution in [0.1, 0.15) is 17.2 Å². The SMILES string of the molecule is N#C[C@H](C(N)=O)c1ncc(C(F)(F)F)cc1Cl. The molecule has 0 aliphatic rings. The largest absolute Gasteiger partial charge is 0.417 e. The normalized spacial score (nSPS) is 12.9. The minimum absolute atomic E-state index is 0.283. The third kappa shape index (κ3) is 2.85. The van der Waals surface area contributed by atoms with E-state index in [1.54, 1.807) is 0 Å². The van der Waals surface area contributed by atoms with Crippen LogP contribution in [0.25, 0.3) is 0 Å². The van der Waals surface area contributed by atoms with Crippen LogP contribution in [0.4, 0.5) is 13.2 Å². The van der Waals surface area contributed by atoms with Crippen molar-refractivity contribution in [2.45, 2.75) is 12.1 Å². The summed E-state index contributed by atoms with van der Waals surface area (Å²) in [7, 11) is 0. The van der Waals surface area contributed by atoms with Crippen LogP contribution in [0.3, 0.4) is 0 Å². The summed E-state index contributed by atoms with van der Waals surface area (Å²) in [6.07, 6.45) is -4.10. The summed E-state index contributed by atoms with van der Waals surface area (Å²) >= 11 is 5.53. The van der Waals surface area contributed by atoms with Crippen LogP contribution in [-0.2, 0) is 11.0 Å². The van der Waals surface area contributed by atoms with Crippen LogP contribution in [0.15, 0.2) is 12.3 Å². The number of hydrogen-bond acceptors (Lipinski definition) is 3. The van der Waals surface area contributed by atoms with Crippen molar-refractivity contribution in [2.75, 3.05) is 0 Å². The van der Waals surface area contributed by atoms with E-state index in [1.807, 2.05) is 0 Å². The van der Waals surface area contributed by atoms with Crippen LogP contribution in [-0.4, -0.2) is 10.9 Å². The monoisotopic (exact) mass is 263 g/mol. The summed E-state index contributed by atoms with van der Waals surface area (Å²) in [5.41, 5.74) is 3.54. The Bertz CT molecular complexity index is 495. The topological polar surface area (TPSA) is 79.8 Å². The fraction of sp³-hybridized carbons (Fsp3) is 0.222. The zero-order valence-electron chi connectivity index (χ0n) is 8.12. The molecular weight excluding hydrogens is 259 g/mol. The van der Waals surface area contributed by atoms with Gasteiger partial charge in [0.25, 0.3) is 0 Å². The van der Waals surface area contributed by atoms with E-state index < -0.39 is 28.6 Å². The molecule has 0 radical (unpaired) electrons. The lowest BCUT2D eigenvalue weighted by Gasteiger charge is -2.10. The van der Waals surface area contributed by atoms with Crippen molar-refractivity contribution in [2.24, 2.45) is 5.73 Å².